The molecule has 8 heteroatoms. The molecule has 21 heavy (non-hydrogen) atoms. The summed E-state index contributed by atoms with van der Waals surface area (Å²) in [4.78, 5) is 15.2. The Kier molecular flexibility index (Phi) is 4.46. The van der Waals surface area contributed by atoms with E-state index in [1.807, 2.05) is 0 Å². The molecule has 0 aliphatic carbocycles. The van der Waals surface area contributed by atoms with Gasteiger partial charge in [-0.15, -0.1) is 0 Å². The molecular formula is C13H18ClN3O3S. The normalized spacial score (nSPS) is 19.8. The highest BCUT2D eigenvalue weighted by atomic mass is 35.5. The highest BCUT2D eigenvalue weighted by Crippen LogP contribution is 2.25. The monoisotopic (exact) mass is 331 g/mol. The van der Waals surface area contributed by atoms with Crippen molar-refractivity contribution < 1.29 is 13.2 Å². The second-order valence-electron chi connectivity index (χ2n) is 5.07. The molecule has 1 atom stereocenters. The number of rotatable bonds is 2. The van der Waals surface area contributed by atoms with Crippen LogP contribution in [0.4, 0.5) is 4.79 Å². The molecule has 2 rings (SSSR count). The van der Waals surface area contributed by atoms with Gasteiger partial charge in [-0.25, -0.2) is 13.2 Å². The van der Waals surface area contributed by atoms with Crippen molar-refractivity contribution in [3.8, 4) is 0 Å². The molecule has 6 nitrogen and oxygen atoms in total. The van der Waals surface area contributed by atoms with Crippen molar-refractivity contribution in [1.29, 1.82) is 0 Å². The van der Waals surface area contributed by atoms with E-state index in [1.165, 1.54) is 38.4 Å². The Morgan fingerprint density at radius 1 is 1.24 bits per heavy atom. The van der Waals surface area contributed by atoms with Crippen LogP contribution in [0.3, 0.4) is 0 Å². The molecule has 1 heterocycles. The van der Waals surface area contributed by atoms with E-state index in [2.05, 4.69) is 0 Å². The van der Waals surface area contributed by atoms with Crippen LogP contribution in [-0.2, 0) is 10.0 Å². The molecular weight excluding hydrogens is 314 g/mol. The molecule has 0 N–H and O–H groups in total. The van der Waals surface area contributed by atoms with Crippen molar-refractivity contribution in [2.24, 2.45) is 0 Å². The maximum atomic E-state index is 12.6. The summed E-state index contributed by atoms with van der Waals surface area (Å²) in [6.45, 7) is 2.37. The number of carbonyl (C=O) groups is 1. The Balaban J connectivity index is 2.26. The van der Waals surface area contributed by atoms with Gasteiger partial charge in [0.25, 0.3) is 0 Å². The third-order valence-corrected chi connectivity index (χ3v) is 5.70. The van der Waals surface area contributed by atoms with Gasteiger partial charge in [0.2, 0.25) is 10.0 Å². The first-order valence-electron chi connectivity index (χ1n) is 6.50. The summed E-state index contributed by atoms with van der Waals surface area (Å²) in [5.74, 6) is 0. The molecule has 1 fully saturated rings. The Bertz CT molecular complexity index is 631. The van der Waals surface area contributed by atoms with Crippen LogP contribution in [0.2, 0.25) is 5.02 Å². The van der Waals surface area contributed by atoms with Gasteiger partial charge in [0.1, 0.15) is 0 Å². The number of hydrogen-bond donors (Lipinski definition) is 0. The van der Waals surface area contributed by atoms with Gasteiger partial charge < -0.3 is 9.80 Å². The van der Waals surface area contributed by atoms with Crippen LogP contribution in [0.5, 0.6) is 0 Å². The van der Waals surface area contributed by atoms with Crippen molar-refractivity contribution in [3.63, 3.8) is 0 Å². The maximum absolute atomic E-state index is 12.6. The van der Waals surface area contributed by atoms with E-state index in [-0.39, 0.29) is 17.5 Å². The number of hydrogen-bond acceptors (Lipinski definition) is 3. The molecule has 0 bridgehead atoms. The average Bonchev–Trinajstić information content (AvgIpc) is 2.80. The fourth-order valence-corrected chi connectivity index (χ4v) is 4.03. The number of benzene rings is 1. The minimum atomic E-state index is -3.63. The summed E-state index contributed by atoms with van der Waals surface area (Å²) in [6.07, 6.45) is -0.513. The molecule has 116 valence electrons. The molecule has 0 saturated carbocycles. The van der Waals surface area contributed by atoms with Gasteiger partial charge in [0, 0.05) is 32.2 Å². The summed E-state index contributed by atoms with van der Waals surface area (Å²) in [6, 6.07) is 5.83. The van der Waals surface area contributed by atoms with E-state index in [4.69, 9.17) is 11.6 Å². The summed E-state index contributed by atoms with van der Waals surface area (Å²) >= 11 is 5.78. The predicted octanol–water partition coefficient (Wildman–Crippen LogP) is 1.67. The molecule has 2 amide bonds. The molecule has 1 saturated heterocycles. The van der Waals surface area contributed by atoms with Gasteiger partial charge in [-0.3, -0.25) is 0 Å². The summed E-state index contributed by atoms with van der Waals surface area (Å²) in [5.41, 5.74) is 0. The van der Waals surface area contributed by atoms with Crippen LogP contribution in [-0.4, -0.2) is 61.9 Å². The second-order valence-corrected chi connectivity index (χ2v) is 7.40. The van der Waals surface area contributed by atoms with E-state index >= 15 is 0 Å². The van der Waals surface area contributed by atoms with Crippen molar-refractivity contribution in [2.75, 3.05) is 27.2 Å². The van der Waals surface area contributed by atoms with Crippen LogP contribution in [0, 0.1) is 0 Å². The lowest BCUT2D eigenvalue weighted by molar-refractivity contribution is 0.156. The predicted molar refractivity (Wildman–Crippen MR) is 80.6 cm³/mol. The third kappa shape index (κ3) is 3.00. The molecule has 0 aromatic heterocycles. The largest absolute Gasteiger partial charge is 0.331 e. The van der Waals surface area contributed by atoms with Crippen LogP contribution < -0.4 is 0 Å². The molecule has 1 aliphatic heterocycles. The van der Waals surface area contributed by atoms with Crippen molar-refractivity contribution >= 4 is 27.7 Å². The van der Waals surface area contributed by atoms with Gasteiger partial charge in [0.15, 0.2) is 0 Å². The molecule has 1 aromatic carbocycles. The lowest BCUT2D eigenvalue weighted by Gasteiger charge is -2.28. The molecule has 0 spiro atoms. The van der Waals surface area contributed by atoms with Crippen LogP contribution in [0.25, 0.3) is 0 Å². The molecule has 1 unspecified atom stereocenters. The number of urea groups is 1. The fraction of sp³-hybridized carbons (Fsp3) is 0.462. The first-order chi connectivity index (χ1) is 9.75. The Labute approximate surface area is 129 Å². The lowest BCUT2D eigenvalue weighted by Crippen LogP contribution is -2.45. The van der Waals surface area contributed by atoms with E-state index < -0.39 is 16.2 Å². The van der Waals surface area contributed by atoms with Gasteiger partial charge in [0.05, 0.1) is 11.1 Å². The number of carbonyl (C=O) groups excluding carboxylic acids is 1. The maximum Gasteiger partial charge on any atom is 0.320 e. The van der Waals surface area contributed by atoms with Crippen LogP contribution >= 0.6 is 11.6 Å². The van der Waals surface area contributed by atoms with E-state index in [0.29, 0.717) is 11.6 Å². The highest BCUT2D eigenvalue weighted by Gasteiger charge is 2.40. The number of sulfonamides is 1. The smallest absolute Gasteiger partial charge is 0.320 e. The van der Waals surface area contributed by atoms with Crippen molar-refractivity contribution in [2.45, 2.75) is 18.0 Å². The SMILES string of the molecule is CC1N(C(=O)N(C)C)CCN1S(=O)(=O)c1ccc(Cl)cc1. The molecule has 1 aliphatic rings. The first kappa shape index (κ1) is 16.1. The zero-order valence-electron chi connectivity index (χ0n) is 12.2. The third-order valence-electron chi connectivity index (χ3n) is 3.48. The van der Waals surface area contributed by atoms with Gasteiger partial charge in [-0.05, 0) is 31.2 Å². The van der Waals surface area contributed by atoms with Crippen molar-refractivity contribution in [3.05, 3.63) is 29.3 Å². The average molecular weight is 332 g/mol. The summed E-state index contributed by atoms with van der Waals surface area (Å²) in [7, 11) is -0.346. The first-order valence-corrected chi connectivity index (χ1v) is 8.32. The topological polar surface area (TPSA) is 60.9 Å². The Hall–Kier alpha value is -1.31. The second kappa shape index (κ2) is 5.82. The quantitative estimate of drug-likeness (QED) is 0.828. The summed E-state index contributed by atoms with van der Waals surface area (Å²) < 4.78 is 26.6. The van der Waals surface area contributed by atoms with E-state index in [1.54, 1.807) is 21.0 Å². The van der Waals surface area contributed by atoms with Gasteiger partial charge >= 0.3 is 6.03 Å². The standard InChI is InChI=1S/C13H18ClN3O3S/c1-10-16(13(18)15(2)3)8-9-17(10)21(19,20)12-6-4-11(14)5-7-12/h4-7,10H,8-9H2,1-3H3. The Morgan fingerprint density at radius 3 is 2.33 bits per heavy atom. The van der Waals surface area contributed by atoms with E-state index in [9.17, 15) is 13.2 Å². The molecule has 0 radical (unpaired) electrons. The lowest BCUT2D eigenvalue weighted by atomic mass is 10.4. The minimum absolute atomic E-state index is 0.179. The van der Waals surface area contributed by atoms with E-state index in [0.717, 1.165) is 0 Å². The number of halogens is 1. The highest BCUT2D eigenvalue weighted by molar-refractivity contribution is 7.89. The van der Waals surface area contributed by atoms with Crippen LogP contribution in [0.1, 0.15) is 6.92 Å². The van der Waals surface area contributed by atoms with Gasteiger partial charge in [-0.2, -0.15) is 4.31 Å². The van der Waals surface area contributed by atoms with Crippen LogP contribution in [0.15, 0.2) is 29.2 Å². The van der Waals surface area contributed by atoms with Gasteiger partial charge in [-0.1, -0.05) is 11.6 Å². The summed E-state index contributed by atoms with van der Waals surface area (Å²) in [5, 5.41) is 0.479. The number of amides is 2. The number of nitrogens with zero attached hydrogens (tertiary/aromatic N) is 3. The zero-order valence-corrected chi connectivity index (χ0v) is 13.7. The zero-order chi connectivity index (χ0) is 15.8. The Morgan fingerprint density at radius 2 is 1.81 bits per heavy atom. The minimum Gasteiger partial charge on any atom is -0.331 e. The van der Waals surface area contributed by atoms with Crippen molar-refractivity contribution in [1.82, 2.24) is 14.1 Å². The molecule has 1 aromatic rings. The fourth-order valence-electron chi connectivity index (χ4n) is 2.31.